The van der Waals surface area contributed by atoms with Crippen molar-refractivity contribution in [2.45, 2.75) is 20.3 Å². The summed E-state index contributed by atoms with van der Waals surface area (Å²) >= 11 is 0. The monoisotopic (exact) mass is 367 g/mol. The first kappa shape index (κ1) is 17.7. The molecule has 1 atom stereocenters. The molecule has 0 aromatic rings. The van der Waals surface area contributed by atoms with Gasteiger partial charge in [0.15, 0.2) is 5.84 Å². The van der Waals surface area contributed by atoms with E-state index < -0.39 is 21.4 Å². The number of amidine groups is 1. The molecule has 0 radical (unpaired) electrons. The van der Waals surface area contributed by atoms with E-state index in [1.807, 2.05) is 13.8 Å². The summed E-state index contributed by atoms with van der Waals surface area (Å²) in [6, 6.07) is 0. The minimum atomic E-state index is -3.59. The Morgan fingerprint density at radius 1 is 1.32 bits per heavy atom. The maximum absolute atomic E-state index is 12.9. The normalized spacial score (nSPS) is 27.8. The molecule has 8 nitrogen and oxygen atoms in total. The Balaban J connectivity index is 1.89. The number of carbonyl (C=O) groups excluding carboxylic acids is 1. The molecule has 1 N–H and O–H groups in total. The van der Waals surface area contributed by atoms with Crippen LogP contribution in [-0.2, 0) is 19.6 Å². The third-order valence-electron chi connectivity index (χ3n) is 5.21. The zero-order chi connectivity index (χ0) is 18.4. The molecular weight excluding hydrogens is 346 g/mol. The smallest absolute Gasteiger partial charge is 0.311 e. The van der Waals surface area contributed by atoms with Gasteiger partial charge < -0.3 is 14.9 Å². The molecule has 0 spiro atoms. The highest BCUT2D eigenvalue weighted by Crippen LogP contribution is 2.39. The van der Waals surface area contributed by atoms with E-state index in [1.165, 1.54) is 11.0 Å². The summed E-state index contributed by atoms with van der Waals surface area (Å²) in [6.45, 7) is 4.35. The maximum Gasteiger partial charge on any atom is 0.311 e. The number of sulfonamides is 1. The van der Waals surface area contributed by atoms with Crippen LogP contribution >= 0.6 is 0 Å². The van der Waals surface area contributed by atoms with E-state index in [4.69, 9.17) is 0 Å². The average molecular weight is 367 g/mol. The molecule has 0 aliphatic carbocycles. The number of carbonyl (C=O) groups is 2. The van der Waals surface area contributed by atoms with Crippen LogP contribution in [0.2, 0.25) is 0 Å². The van der Waals surface area contributed by atoms with E-state index in [0.717, 1.165) is 0 Å². The second-order valence-electron chi connectivity index (χ2n) is 6.91. The first-order valence-corrected chi connectivity index (χ1v) is 9.78. The van der Waals surface area contributed by atoms with Gasteiger partial charge in [-0.15, -0.1) is 4.40 Å². The molecule has 0 bridgehead atoms. The second kappa shape index (κ2) is 5.98. The van der Waals surface area contributed by atoms with Crippen molar-refractivity contribution in [3.8, 4) is 0 Å². The van der Waals surface area contributed by atoms with Gasteiger partial charge in [0, 0.05) is 25.8 Å². The van der Waals surface area contributed by atoms with Crippen LogP contribution in [-0.4, -0.2) is 66.4 Å². The highest BCUT2D eigenvalue weighted by molar-refractivity contribution is 7.90. The summed E-state index contributed by atoms with van der Waals surface area (Å²) < 4.78 is 27.4. The van der Waals surface area contributed by atoms with Crippen LogP contribution in [0.3, 0.4) is 0 Å². The van der Waals surface area contributed by atoms with Crippen molar-refractivity contribution in [2.75, 3.05) is 25.4 Å². The van der Waals surface area contributed by atoms with Crippen LogP contribution in [0.15, 0.2) is 28.3 Å². The van der Waals surface area contributed by atoms with Crippen molar-refractivity contribution >= 4 is 27.7 Å². The van der Waals surface area contributed by atoms with Gasteiger partial charge in [0.2, 0.25) is 0 Å². The van der Waals surface area contributed by atoms with Gasteiger partial charge in [0.1, 0.15) is 0 Å². The summed E-state index contributed by atoms with van der Waals surface area (Å²) in [5.74, 6) is -1.38. The van der Waals surface area contributed by atoms with Crippen molar-refractivity contribution in [2.24, 2.45) is 15.7 Å². The van der Waals surface area contributed by atoms with Gasteiger partial charge in [0.05, 0.1) is 16.7 Å². The maximum atomic E-state index is 12.9. The first-order chi connectivity index (χ1) is 11.7. The third-order valence-corrected chi connectivity index (χ3v) is 6.36. The Kier molecular flexibility index (Phi) is 4.22. The molecule has 1 saturated heterocycles. The van der Waals surface area contributed by atoms with Gasteiger partial charge in [-0.1, -0.05) is 13.8 Å². The molecule has 1 unspecified atom stereocenters. The molecule has 9 heteroatoms. The molecule has 3 heterocycles. The van der Waals surface area contributed by atoms with Crippen LogP contribution in [0.4, 0.5) is 0 Å². The molecule has 0 aromatic heterocycles. The van der Waals surface area contributed by atoms with Crippen LogP contribution in [0.25, 0.3) is 0 Å². The van der Waals surface area contributed by atoms with Crippen molar-refractivity contribution in [1.82, 2.24) is 9.80 Å². The number of carboxylic acid groups (broad SMARTS) is 1. The Hall–Kier alpha value is -2.16. The van der Waals surface area contributed by atoms with E-state index in [1.54, 1.807) is 17.2 Å². The number of allylic oxidation sites excluding steroid dienone is 2. The summed E-state index contributed by atoms with van der Waals surface area (Å²) in [5, 5.41) is 9.63. The average Bonchev–Trinajstić information content (AvgIpc) is 2.99. The van der Waals surface area contributed by atoms with Crippen LogP contribution < -0.4 is 0 Å². The number of hydrogen-bond acceptors (Lipinski definition) is 5. The Bertz CT molecular complexity index is 812. The molecule has 3 rings (SSSR count). The fraction of sp³-hybridized carbons (Fsp3) is 0.562. The minimum Gasteiger partial charge on any atom is -0.481 e. The fourth-order valence-corrected chi connectivity index (χ4v) is 4.44. The third kappa shape index (κ3) is 2.97. The predicted octanol–water partition coefficient (Wildman–Crippen LogP) is 0.443. The van der Waals surface area contributed by atoms with E-state index in [0.29, 0.717) is 13.0 Å². The number of amides is 1. The van der Waals surface area contributed by atoms with Crippen LogP contribution in [0, 0.1) is 11.3 Å². The van der Waals surface area contributed by atoms with Crippen molar-refractivity contribution in [3.63, 3.8) is 0 Å². The van der Waals surface area contributed by atoms with Gasteiger partial charge in [-0.3, -0.25) is 9.59 Å². The van der Waals surface area contributed by atoms with Gasteiger partial charge in [-0.25, -0.2) is 8.42 Å². The van der Waals surface area contributed by atoms with E-state index >= 15 is 0 Å². The Morgan fingerprint density at radius 3 is 2.64 bits per heavy atom. The van der Waals surface area contributed by atoms with Crippen LogP contribution in [0.5, 0.6) is 0 Å². The van der Waals surface area contributed by atoms with Crippen molar-refractivity contribution in [1.29, 1.82) is 0 Å². The van der Waals surface area contributed by atoms with E-state index in [2.05, 4.69) is 4.40 Å². The number of carboxylic acids is 1. The molecule has 1 amide bonds. The standard InChI is InChI=1S/C16H21N3O5S/c1-11(2)16(15(21)22)5-7-19(10-16)14(20)12-4-3-6-18-8-9-25(23,24)17-13(12)18/h3-4,6,11H,5,7-10H2,1-2H3,(H,21,22). The summed E-state index contributed by atoms with van der Waals surface area (Å²) in [5.41, 5.74) is -0.781. The molecule has 1 fully saturated rings. The van der Waals surface area contributed by atoms with Crippen molar-refractivity contribution < 1.29 is 23.1 Å². The molecule has 3 aliphatic rings. The Morgan fingerprint density at radius 2 is 2.04 bits per heavy atom. The van der Waals surface area contributed by atoms with Gasteiger partial charge in [-0.2, -0.15) is 0 Å². The zero-order valence-electron chi connectivity index (χ0n) is 14.2. The largest absolute Gasteiger partial charge is 0.481 e. The number of nitrogens with zero attached hydrogens (tertiary/aromatic N) is 3. The number of likely N-dealkylation sites (tertiary alicyclic amines) is 1. The van der Waals surface area contributed by atoms with Crippen LogP contribution in [0.1, 0.15) is 20.3 Å². The molecule has 136 valence electrons. The lowest BCUT2D eigenvalue weighted by atomic mass is 9.76. The molecule has 25 heavy (non-hydrogen) atoms. The molecular formula is C16H21N3O5S. The predicted molar refractivity (Wildman–Crippen MR) is 91.3 cm³/mol. The number of rotatable bonds is 3. The second-order valence-corrected chi connectivity index (χ2v) is 8.66. The minimum absolute atomic E-state index is 0.0957. The van der Waals surface area contributed by atoms with Gasteiger partial charge in [-0.05, 0) is 24.5 Å². The van der Waals surface area contributed by atoms with E-state index in [-0.39, 0.29) is 42.1 Å². The van der Waals surface area contributed by atoms with Crippen molar-refractivity contribution in [3.05, 3.63) is 23.9 Å². The molecule has 0 aromatic carbocycles. The summed E-state index contributed by atoms with van der Waals surface area (Å²) in [7, 11) is -3.59. The molecule has 0 saturated carbocycles. The van der Waals surface area contributed by atoms with Gasteiger partial charge in [0.25, 0.3) is 15.9 Å². The lowest BCUT2D eigenvalue weighted by molar-refractivity contribution is -0.151. The summed E-state index contributed by atoms with van der Waals surface area (Å²) in [4.78, 5) is 27.8. The topological polar surface area (TPSA) is 107 Å². The number of aliphatic carboxylic acids is 1. The highest BCUT2D eigenvalue weighted by atomic mass is 32.2. The quantitative estimate of drug-likeness (QED) is 0.776. The SMILES string of the molecule is CC(C)C1(C(=O)O)CCN(C(=O)C2=CC=CN3CCS(=O)(=O)N=C23)C1. The lowest BCUT2D eigenvalue weighted by Gasteiger charge is -2.31. The summed E-state index contributed by atoms with van der Waals surface area (Å²) in [6.07, 6.45) is 5.27. The zero-order valence-corrected chi connectivity index (χ0v) is 15.0. The number of fused-ring (bicyclic) bond motifs is 1. The van der Waals surface area contributed by atoms with Gasteiger partial charge >= 0.3 is 5.97 Å². The first-order valence-electron chi connectivity index (χ1n) is 8.17. The Labute approximate surface area is 146 Å². The molecule has 3 aliphatic heterocycles. The lowest BCUT2D eigenvalue weighted by Crippen LogP contribution is -2.45. The highest BCUT2D eigenvalue weighted by Gasteiger charge is 2.49. The number of hydrogen-bond donors (Lipinski definition) is 1. The fourth-order valence-electron chi connectivity index (χ4n) is 3.45. The van der Waals surface area contributed by atoms with E-state index in [9.17, 15) is 23.1 Å².